The third-order valence-corrected chi connectivity index (χ3v) is 4.73. The number of nitrogens with one attached hydrogen (secondary N) is 1. The molecule has 0 spiro atoms. The van der Waals surface area contributed by atoms with Crippen molar-refractivity contribution in [2.24, 2.45) is 0 Å². The standard InChI is InChI=1S/C20H16Cl2FN3O3/c21-15-2-1-3-17(20(15)22)29-12-18(27)24-10-11-26-19(28)9-8-16(25-26)13-4-6-14(23)7-5-13/h1-9H,10-12H2,(H,24,27). The van der Waals surface area contributed by atoms with Gasteiger partial charge in [0.15, 0.2) is 6.61 Å². The number of rotatable bonds is 7. The molecule has 2 aromatic carbocycles. The molecule has 1 aromatic heterocycles. The van der Waals surface area contributed by atoms with Gasteiger partial charge in [-0.25, -0.2) is 9.07 Å². The zero-order valence-electron chi connectivity index (χ0n) is 15.1. The number of amides is 1. The Morgan fingerprint density at radius 1 is 1.10 bits per heavy atom. The van der Waals surface area contributed by atoms with Crippen molar-refractivity contribution < 1.29 is 13.9 Å². The molecule has 1 heterocycles. The first-order chi connectivity index (χ1) is 13.9. The van der Waals surface area contributed by atoms with E-state index in [4.69, 9.17) is 27.9 Å². The SMILES string of the molecule is O=C(COc1cccc(Cl)c1Cl)NCCn1nc(-c2ccc(F)cc2)ccc1=O. The highest BCUT2D eigenvalue weighted by atomic mass is 35.5. The van der Waals surface area contributed by atoms with E-state index in [1.165, 1.54) is 22.9 Å². The van der Waals surface area contributed by atoms with Crippen LogP contribution in [-0.2, 0) is 11.3 Å². The van der Waals surface area contributed by atoms with Gasteiger partial charge >= 0.3 is 0 Å². The third kappa shape index (κ3) is 5.56. The number of nitrogens with zero attached hydrogens (tertiary/aromatic N) is 2. The fourth-order valence-electron chi connectivity index (χ4n) is 2.47. The van der Waals surface area contributed by atoms with Crippen molar-refractivity contribution in [2.45, 2.75) is 6.54 Å². The molecule has 0 unspecified atom stereocenters. The van der Waals surface area contributed by atoms with Gasteiger partial charge < -0.3 is 10.1 Å². The Morgan fingerprint density at radius 2 is 1.86 bits per heavy atom. The summed E-state index contributed by atoms with van der Waals surface area (Å²) < 4.78 is 19.6. The van der Waals surface area contributed by atoms with E-state index >= 15 is 0 Å². The molecule has 0 radical (unpaired) electrons. The minimum Gasteiger partial charge on any atom is -0.482 e. The minimum atomic E-state index is -0.385. The van der Waals surface area contributed by atoms with Gasteiger partial charge in [0.25, 0.3) is 11.5 Å². The smallest absolute Gasteiger partial charge is 0.266 e. The highest BCUT2D eigenvalue weighted by Crippen LogP contribution is 2.31. The summed E-state index contributed by atoms with van der Waals surface area (Å²) in [4.78, 5) is 23.9. The molecule has 0 atom stereocenters. The Kier molecular flexibility index (Phi) is 6.85. The van der Waals surface area contributed by atoms with Crippen LogP contribution in [0.3, 0.4) is 0 Å². The van der Waals surface area contributed by atoms with Gasteiger partial charge in [0.1, 0.15) is 16.6 Å². The molecule has 0 bridgehead atoms. The summed E-state index contributed by atoms with van der Waals surface area (Å²) >= 11 is 11.9. The second-order valence-electron chi connectivity index (χ2n) is 5.98. The van der Waals surface area contributed by atoms with Gasteiger partial charge in [-0.2, -0.15) is 5.10 Å². The second-order valence-corrected chi connectivity index (χ2v) is 6.76. The van der Waals surface area contributed by atoms with Crippen LogP contribution in [0.4, 0.5) is 4.39 Å². The lowest BCUT2D eigenvalue weighted by atomic mass is 10.1. The normalized spacial score (nSPS) is 10.6. The first-order valence-electron chi connectivity index (χ1n) is 8.61. The Morgan fingerprint density at radius 3 is 2.62 bits per heavy atom. The molecule has 0 fully saturated rings. The summed E-state index contributed by atoms with van der Waals surface area (Å²) in [6, 6.07) is 13.6. The number of carbonyl (C=O) groups is 1. The van der Waals surface area contributed by atoms with E-state index < -0.39 is 0 Å². The van der Waals surface area contributed by atoms with E-state index in [0.29, 0.717) is 22.0 Å². The molecular weight excluding hydrogens is 420 g/mol. The number of carbonyl (C=O) groups excluding carboxylic acids is 1. The van der Waals surface area contributed by atoms with Crippen molar-refractivity contribution in [3.63, 3.8) is 0 Å². The Labute approximate surface area is 175 Å². The van der Waals surface area contributed by atoms with Crippen molar-refractivity contribution in [3.8, 4) is 17.0 Å². The number of halogens is 3. The lowest BCUT2D eigenvalue weighted by Crippen LogP contribution is -2.34. The molecule has 150 valence electrons. The van der Waals surface area contributed by atoms with Gasteiger partial charge in [-0.15, -0.1) is 0 Å². The molecule has 0 aliphatic heterocycles. The number of aromatic nitrogens is 2. The van der Waals surface area contributed by atoms with Crippen LogP contribution in [0.5, 0.6) is 5.75 Å². The molecule has 1 amide bonds. The molecule has 0 saturated heterocycles. The minimum absolute atomic E-state index is 0.164. The molecule has 6 nitrogen and oxygen atoms in total. The molecule has 3 aromatic rings. The zero-order chi connectivity index (χ0) is 20.8. The van der Waals surface area contributed by atoms with Gasteiger partial charge in [-0.1, -0.05) is 29.3 Å². The van der Waals surface area contributed by atoms with Crippen LogP contribution in [0.15, 0.2) is 59.4 Å². The topological polar surface area (TPSA) is 73.2 Å². The van der Waals surface area contributed by atoms with Gasteiger partial charge in [-0.05, 0) is 42.5 Å². The largest absolute Gasteiger partial charge is 0.482 e. The number of hydrogen-bond acceptors (Lipinski definition) is 4. The zero-order valence-corrected chi connectivity index (χ0v) is 16.6. The van der Waals surface area contributed by atoms with Crippen LogP contribution in [-0.4, -0.2) is 28.8 Å². The van der Waals surface area contributed by atoms with Crippen molar-refractivity contribution in [2.75, 3.05) is 13.2 Å². The summed E-state index contributed by atoms with van der Waals surface area (Å²) in [5.41, 5.74) is 0.887. The van der Waals surface area contributed by atoms with E-state index in [-0.39, 0.29) is 42.0 Å². The van der Waals surface area contributed by atoms with Crippen molar-refractivity contribution >= 4 is 29.1 Å². The predicted octanol–water partition coefficient (Wildman–Crippen LogP) is 3.55. The number of benzene rings is 2. The van der Waals surface area contributed by atoms with E-state index in [2.05, 4.69) is 10.4 Å². The molecular formula is C20H16Cl2FN3O3. The number of hydrogen-bond donors (Lipinski definition) is 1. The quantitative estimate of drug-likeness (QED) is 0.615. The van der Waals surface area contributed by atoms with E-state index in [9.17, 15) is 14.0 Å². The average molecular weight is 436 g/mol. The van der Waals surface area contributed by atoms with Crippen LogP contribution in [0, 0.1) is 5.82 Å². The maximum Gasteiger partial charge on any atom is 0.266 e. The van der Waals surface area contributed by atoms with Crippen molar-refractivity contribution in [1.29, 1.82) is 0 Å². The fraction of sp³-hybridized carbons (Fsp3) is 0.150. The maximum atomic E-state index is 13.1. The van der Waals surface area contributed by atoms with Crippen LogP contribution < -0.4 is 15.6 Å². The molecule has 0 aliphatic carbocycles. The molecule has 3 rings (SSSR count). The first kappa shape index (κ1) is 20.8. The third-order valence-electron chi connectivity index (χ3n) is 3.93. The van der Waals surface area contributed by atoms with Gasteiger partial charge in [0.2, 0.25) is 0 Å². The summed E-state index contributed by atoms with van der Waals surface area (Å²) in [7, 11) is 0. The van der Waals surface area contributed by atoms with Gasteiger partial charge in [-0.3, -0.25) is 9.59 Å². The Bertz CT molecular complexity index is 1070. The summed E-state index contributed by atoms with van der Waals surface area (Å²) in [5.74, 6) is -0.436. The summed E-state index contributed by atoms with van der Waals surface area (Å²) in [6.45, 7) is 0.0841. The lowest BCUT2D eigenvalue weighted by molar-refractivity contribution is -0.123. The second kappa shape index (κ2) is 9.54. The first-order valence-corrected chi connectivity index (χ1v) is 9.37. The van der Waals surface area contributed by atoms with Crippen molar-refractivity contribution in [1.82, 2.24) is 15.1 Å². The molecule has 9 heteroatoms. The lowest BCUT2D eigenvalue weighted by Gasteiger charge is -2.10. The molecule has 0 saturated carbocycles. The van der Waals surface area contributed by atoms with Crippen molar-refractivity contribution in [3.05, 3.63) is 80.8 Å². The monoisotopic (exact) mass is 435 g/mol. The maximum absolute atomic E-state index is 13.1. The Hall–Kier alpha value is -2.90. The highest BCUT2D eigenvalue weighted by molar-refractivity contribution is 6.42. The van der Waals surface area contributed by atoms with E-state index in [0.717, 1.165) is 0 Å². The van der Waals surface area contributed by atoms with Gasteiger partial charge in [0.05, 0.1) is 17.3 Å². The predicted molar refractivity (Wildman–Crippen MR) is 109 cm³/mol. The average Bonchev–Trinajstić information content (AvgIpc) is 2.71. The molecule has 0 aliphatic rings. The Balaban J connectivity index is 1.55. The van der Waals surface area contributed by atoms with Crippen LogP contribution in [0.1, 0.15) is 0 Å². The van der Waals surface area contributed by atoms with Crippen LogP contribution in [0.2, 0.25) is 10.0 Å². The number of ether oxygens (including phenoxy) is 1. The van der Waals surface area contributed by atoms with Crippen LogP contribution >= 0.6 is 23.2 Å². The van der Waals surface area contributed by atoms with Gasteiger partial charge in [0, 0.05) is 18.2 Å². The molecule has 29 heavy (non-hydrogen) atoms. The fourth-order valence-corrected chi connectivity index (χ4v) is 2.82. The van der Waals surface area contributed by atoms with Crippen LogP contribution in [0.25, 0.3) is 11.3 Å². The molecule has 1 N–H and O–H groups in total. The summed E-state index contributed by atoms with van der Waals surface area (Å²) in [6.07, 6.45) is 0. The van der Waals surface area contributed by atoms with E-state index in [1.807, 2.05) is 0 Å². The highest BCUT2D eigenvalue weighted by Gasteiger charge is 2.09. The summed E-state index contributed by atoms with van der Waals surface area (Å²) in [5, 5.41) is 7.45. The van der Waals surface area contributed by atoms with E-state index in [1.54, 1.807) is 36.4 Å².